The van der Waals surface area contributed by atoms with Gasteiger partial charge in [-0.1, -0.05) is 6.07 Å². The summed E-state index contributed by atoms with van der Waals surface area (Å²) in [6.07, 6.45) is 2.90. The van der Waals surface area contributed by atoms with E-state index in [0.717, 1.165) is 69.6 Å². The minimum absolute atomic E-state index is 0.621. The molecule has 0 aromatic carbocycles. The van der Waals surface area contributed by atoms with Crippen LogP contribution in [0, 0.1) is 0 Å². The molecule has 1 aliphatic rings. The quantitative estimate of drug-likeness (QED) is 0.414. The molecule has 0 saturated carbocycles. The second-order valence-electron chi connectivity index (χ2n) is 6.28. The number of aliphatic imine (C=N–C) groups is 1. The molecule has 1 aromatic heterocycles. The molecule has 7 heteroatoms. The summed E-state index contributed by atoms with van der Waals surface area (Å²) in [6, 6.07) is 4.23. The normalized spacial score (nSPS) is 16.1. The van der Waals surface area contributed by atoms with E-state index in [0.29, 0.717) is 6.54 Å². The van der Waals surface area contributed by atoms with Crippen molar-refractivity contribution in [3.8, 4) is 0 Å². The number of nitrogens with one attached hydrogen (secondary N) is 2. The molecule has 1 saturated heterocycles. The molecule has 1 aromatic rings. The number of aromatic nitrogens is 1. The molecule has 1 aliphatic heterocycles. The van der Waals surface area contributed by atoms with Gasteiger partial charge in [0.15, 0.2) is 5.96 Å². The van der Waals surface area contributed by atoms with E-state index in [1.165, 1.54) is 0 Å². The fraction of sp³-hybridized carbons (Fsp3) is 0.667. The van der Waals surface area contributed by atoms with Crippen LogP contribution in [0.3, 0.4) is 0 Å². The van der Waals surface area contributed by atoms with Crippen LogP contribution >= 0.6 is 0 Å². The summed E-state index contributed by atoms with van der Waals surface area (Å²) in [5.74, 6) is 1.90. The number of hydrogen-bond acceptors (Lipinski definition) is 5. The Labute approximate surface area is 151 Å². The van der Waals surface area contributed by atoms with Gasteiger partial charge in [0, 0.05) is 59.2 Å². The Bertz CT molecular complexity index is 511. The van der Waals surface area contributed by atoms with E-state index < -0.39 is 0 Å². The highest BCUT2D eigenvalue weighted by Crippen LogP contribution is 2.13. The molecule has 0 radical (unpaired) electrons. The van der Waals surface area contributed by atoms with Crippen LogP contribution in [0.1, 0.15) is 18.9 Å². The van der Waals surface area contributed by atoms with Crippen LogP contribution in [0.15, 0.2) is 23.3 Å². The zero-order valence-electron chi connectivity index (χ0n) is 15.8. The highest BCUT2D eigenvalue weighted by atomic mass is 16.5. The average Bonchev–Trinajstić information content (AvgIpc) is 2.64. The topological polar surface area (TPSA) is 65.0 Å². The van der Waals surface area contributed by atoms with Crippen LogP contribution < -0.4 is 15.5 Å². The molecule has 0 bridgehead atoms. The van der Waals surface area contributed by atoms with E-state index in [1.807, 2.05) is 6.20 Å². The number of ether oxygens (including phenoxy) is 1. The summed E-state index contributed by atoms with van der Waals surface area (Å²) >= 11 is 0. The van der Waals surface area contributed by atoms with Crippen molar-refractivity contribution in [3.63, 3.8) is 0 Å². The maximum absolute atomic E-state index is 5.06. The molecule has 1 fully saturated rings. The second kappa shape index (κ2) is 10.9. The number of hydrogen-bond donors (Lipinski definition) is 2. The highest BCUT2D eigenvalue weighted by molar-refractivity contribution is 5.79. The van der Waals surface area contributed by atoms with Crippen molar-refractivity contribution in [2.45, 2.75) is 19.9 Å². The third-order valence-corrected chi connectivity index (χ3v) is 4.22. The zero-order valence-corrected chi connectivity index (χ0v) is 15.8. The van der Waals surface area contributed by atoms with Gasteiger partial charge < -0.3 is 25.2 Å². The molecule has 7 nitrogen and oxygen atoms in total. The fourth-order valence-electron chi connectivity index (χ4n) is 2.67. The lowest BCUT2D eigenvalue weighted by Crippen LogP contribution is -2.44. The third kappa shape index (κ3) is 6.88. The van der Waals surface area contributed by atoms with E-state index in [9.17, 15) is 0 Å². The lowest BCUT2D eigenvalue weighted by Gasteiger charge is -2.33. The van der Waals surface area contributed by atoms with Crippen LogP contribution in [-0.2, 0) is 11.3 Å². The molecule has 2 rings (SSSR count). The Morgan fingerprint density at radius 3 is 2.68 bits per heavy atom. The van der Waals surface area contributed by atoms with Gasteiger partial charge in [0.25, 0.3) is 0 Å². The number of guanidine groups is 1. The SMILES string of the molecule is CCNC(=NCc1ccc(N2CCN(C)CC2)nc1)NCCCOC. The van der Waals surface area contributed by atoms with Gasteiger partial charge in [0.1, 0.15) is 5.82 Å². The first kappa shape index (κ1) is 19.5. The lowest BCUT2D eigenvalue weighted by molar-refractivity contribution is 0.195. The Morgan fingerprint density at radius 2 is 2.04 bits per heavy atom. The third-order valence-electron chi connectivity index (χ3n) is 4.22. The Hall–Kier alpha value is -1.86. The van der Waals surface area contributed by atoms with Gasteiger partial charge in [0.05, 0.1) is 6.54 Å². The molecule has 140 valence electrons. The Balaban J connectivity index is 1.85. The second-order valence-corrected chi connectivity index (χ2v) is 6.28. The number of nitrogens with zero attached hydrogens (tertiary/aromatic N) is 4. The first-order valence-corrected chi connectivity index (χ1v) is 9.12. The maximum atomic E-state index is 5.06. The number of anilines is 1. The first-order chi connectivity index (χ1) is 12.2. The van der Waals surface area contributed by atoms with Gasteiger partial charge in [-0.3, -0.25) is 0 Å². The van der Waals surface area contributed by atoms with Crippen molar-refractivity contribution in [2.24, 2.45) is 4.99 Å². The number of rotatable bonds is 8. The smallest absolute Gasteiger partial charge is 0.191 e. The monoisotopic (exact) mass is 348 g/mol. The molecule has 2 heterocycles. The Kier molecular flexibility index (Phi) is 8.48. The van der Waals surface area contributed by atoms with Crippen molar-refractivity contribution < 1.29 is 4.74 Å². The van der Waals surface area contributed by atoms with Crippen LogP contribution in [0.4, 0.5) is 5.82 Å². The molecule has 0 amide bonds. The summed E-state index contributed by atoms with van der Waals surface area (Å²) < 4.78 is 5.06. The van der Waals surface area contributed by atoms with E-state index >= 15 is 0 Å². The molecule has 0 unspecified atom stereocenters. The van der Waals surface area contributed by atoms with Crippen molar-refractivity contribution in [1.82, 2.24) is 20.5 Å². The summed E-state index contributed by atoms with van der Waals surface area (Å²) in [6.45, 7) is 9.40. The van der Waals surface area contributed by atoms with Gasteiger partial charge in [-0.25, -0.2) is 9.98 Å². The van der Waals surface area contributed by atoms with Gasteiger partial charge in [-0.05, 0) is 32.0 Å². The number of likely N-dealkylation sites (N-methyl/N-ethyl adjacent to an activating group) is 1. The molecular weight excluding hydrogens is 316 g/mol. The summed E-state index contributed by atoms with van der Waals surface area (Å²) in [5.41, 5.74) is 1.12. The zero-order chi connectivity index (χ0) is 17.9. The van der Waals surface area contributed by atoms with Gasteiger partial charge in [-0.2, -0.15) is 0 Å². The van der Waals surface area contributed by atoms with E-state index in [-0.39, 0.29) is 0 Å². The van der Waals surface area contributed by atoms with Crippen LogP contribution in [0.2, 0.25) is 0 Å². The minimum atomic E-state index is 0.621. The summed E-state index contributed by atoms with van der Waals surface area (Å²) in [5, 5.41) is 6.58. The van der Waals surface area contributed by atoms with E-state index in [2.05, 4.69) is 56.5 Å². The molecule has 0 spiro atoms. The number of piperazine rings is 1. The summed E-state index contributed by atoms with van der Waals surface area (Å²) in [7, 11) is 3.88. The molecule has 25 heavy (non-hydrogen) atoms. The van der Waals surface area contributed by atoms with Gasteiger partial charge >= 0.3 is 0 Å². The van der Waals surface area contributed by atoms with Gasteiger partial charge in [-0.15, -0.1) is 0 Å². The van der Waals surface area contributed by atoms with Crippen molar-refractivity contribution in [2.75, 3.05) is 64.9 Å². The largest absolute Gasteiger partial charge is 0.385 e. The first-order valence-electron chi connectivity index (χ1n) is 9.12. The van der Waals surface area contributed by atoms with Crippen LogP contribution in [0.25, 0.3) is 0 Å². The van der Waals surface area contributed by atoms with E-state index in [4.69, 9.17) is 4.74 Å². The highest BCUT2D eigenvalue weighted by Gasteiger charge is 2.14. The van der Waals surface area contributed by atoms with Crippen molar-refractivity contribution in [1.29, 1.82) is 0 Å². The number of methoxy groups -OCH3 is 1. The molecule has 0 aliphatic carbocycles. The lowest BCUT2D eigenvalue weighted by atomic mass is 10.2. The van der Waals surface area contributed by atoms with Crippen LogP contribution in [-0.4, -0.2) is 75.9 Å². The molecule has 2 N–H and O–H groups in total. The summed E-state index contributed by atoms with van der Waals surface area (Å²) in [4.78, 5) is 13.9. The standard InChI is InChI=1S/C18H32N6O/c1-4-19-18(20-8-5-13-25-3)22-15-16-6-7-17(21-14-16)24-11-9-23(2)10-12-24/h6-7,14H,4-5,8-13,15H2,1-3H3,(H2,19,20,22). The van der Waals surface area contributed by atoms with Crippen molar-refractivity contribution in [3.05, 3.63) is 23.9 Å². The predicted molar refractivity (Wildman–Crippen MR) is 103 cm³/mol. The predicted octanol–water partition coefficient (Wildman–Crippen LogP) is 0.925. The fourth-order valence-corrected chi connectivity index (χ4v) is 2.67. The molecule has 0 atom stereocenters. The molecular formula is C18H32N6O. The average molecular weight is 348 g/mol. The number of pyridine rings is 1. The van der Waals surface area contributed by atoms with Crippen molar-refractivity contribution >= 4 is 11.8 Å². The van der Waals surface area contributed by atoms with E-state index in [1.54, 1.807) is 7.11 Å². The van der Waals surface area contributed by atoms with Crippen LogP contribution in [0.5, 0.6) is 0 Å². The van der Waals surface area contributed by atoms with Gasteiger partial charge in [0.2, 0.25) is 0 Å². The minimum Gasteiger partial charge on any atom is -0.385 e. The maximum Gasteiger partial charge on any atom is 0.191 e. The Morgan fingerprint density at radius 1 is 1.24 bits per heavy atom.